The van der Waals surface area contributed by atoms with E-state index in [4.69, 9.17) is 18.6 Å². The number of aromatic nitrogens is 2. The Morgan fingerprint density at radius 3 is 2.70 bits per heavy atom. The molecule has 2 heterocycles. The molecule has 4 rings (SSSR count). The number of esters is 1. The summed E-state index contributed by atoms with van der Waals surface area (Å²) in [5, 5.41) is 4.93. The smallest absolute Gasteiger partial charge is 0.339 e. The Hall–Kier alpha value is -3.92. The minimum atomic E-state index is -0.976. The third kappa shape index (κ3) is 4.80. The number of amides is 1. The molecule has 2 aromatic carbocycles. The second-order valence-electron chi connectivity index (χ2n) is 6.93. The van der Waals surface area contributed by atoms with Crippen molar-refractivity contribution in [1.82, 2.24) is 9.97 Å². The van der Waals surface area contributed by atoms with Crippen molar-refractivity contribution >= 4 is 39.4 Å². The third-order valence-electron chi connectivity index (χ3n) is 4.89. The van der Waals surface area contributed by atoms with Crippen LogP contribution in [0.1, 0.15) is 23.7 Å². The number of anilines is 1. The molecule has 1 amide bonds. The van der Waals surface area contributed by atoms with Crippen LogP contribution in [0, 0.1) is 0 Å². The fourth-order valence-corrected chi connectivity index (χ4v) is 3.87. The minimum Gasteiger partial charge on any atom is -0.493 e. The van der Waals surface area contributed by atoms with E-state index in [0.29, 0.717) is 39.8 Å². The quantitative estimate of drug-likeness (QED) is 0.376. The Labute approximate surface area is 193 Å². The van der Waals surface area contributed by atoms with E-state index < -0.39 is 18.0 Å². The van der Waals surface area contributed by atoms with Crippen molar-refractivity contribution in [2.45, 2.75) is 19.4 Å². The lowest BCUT2D eigenvalue weighted by molar-refractivity contribution is -0.124. The molecule has 0 fully saturated rings. The second-order valence-corrected chi connectivity index (χ2v) is 7.79. The topological polar surface area (TPSA) is 113 Å². The van der Waals surface area contributed by atoms with Crippen molar-refractivity contribution in [1.29, 1.82) is 0 Å². The van der Waals surface area contributed by atoms with Crippen molar-refractivity contribution in [3.8, 4) is 22.8 Å². The van der Waals surface area contributed by atoms with E-state index in [1.165, 1.54) is 23.8 Å². The number of hydrogen-bond acceptors (Lipinski definition) is 9. The lowest BCUT2D eigenvalue weighted by atomic mass is 10.1. The number of ether oxygens (including phenoxy) is 3. The molecule has 0 aliphatic carbocycles. The van der Waals surface area contributed by atoms with Gasteiger partial charge in [0.1, 0.15) is 5.52 Å². The number of oxazole rings is 1. The molecular weight excluding hydrogens is 446 g/mol. The van der Waals surface area contributed by atoms with Gasteiger partial charge in [-0.3, -0.25) is 10.1 Å². The van der Waals surface area contributed by atoms with Crippen molar-refractivity contribution in [3.63, 3.8) is 0 Å². The van der Waals surface area contributed by atoms with Crippen molar-refractivity contribution < 1.29 is 28.2 Å². The molecule has 1 unspecified atom stereocenters. The number of carbonyl (C=O) groups excluding carboxylic acids is 2. The maximum Gasteiger partial charge on any atom is 0.339 e. The summed E-state index contributed by atoms with van der Waals surface area (Å²) in [6.45, 7) is 1.76. The summed E-state index contributed by atoms with van der Waals surface area (Å²) >= 11 is 1.27. The van der Waals surface area contributed by atoms with Gasteiger partial charge in [-0.15, -0.1) is 11.3 Å². The molecule has 0 aliphatic heterocycles. The van der Waals surface area contributed by atoms with Gasteiger partial charge in [0.05, 0.1) is 25.5 Å². The first-order valence-corrected chi connectivity index (χ1v) is 10.9. The van der Waals surface area contributed by atoms with Gasteiger partial charge in [-0.25, -0.2) is 14.8 Å². The monoisotopic (exact) mass is 467 g/mol. The first-order valence-electron chi connectivity index (χ1n) is 10.1. The average Bonchev–Trinajstić information content (AvgIpc) is 3.50. The number of fused-ring (bicyclic) bond motifs is 1. The Kier molecular flexibility index (Phi) is 6.55. The second kappa shape index (κ2) is 9.70. The van der Waals surface area contributed by atoms with Gasteiger partial charge >= 0.3 is 5.97 Å². The van der Waals surface area contributed by atoms with E-state index in [9.17, 15) is 9.59 Å². The number of carbonyl (C=O) groups is 2. The summed E-state index contributed by atoms with van der Waals surface area (Å²) in [6, 6.07) is 10.2. The molecule has 0 spiro atoms. The van der Waals surface area contributed by atoms with Gasteiger partial charge in [0, 0.05) is 10.9 Å². The normalized spacial score (nSPS) is 11.7. The van der Waals surface area contributed by atoms with Crippen LogP contribution in [0.25, 0.3) is 22.4 Å². The molecule has 33 heavy (non-hydrogen) atoms. The molecule has 10 heteroatoms. The van der Waals surface area contributed by atoms with Crippen LogP contribution >= 0.6 is 11.3 Å². The highest BCUT2D eigenvalue weighted by Gasteiger charge is 2.23. The molecular formula is C23H21N3O6S. The zero-order valence-electron chi connectivity index (χ0n) is 18.2. The number of benzene rings is 2. The van der Waals surface area contributed by atoms with E-state index in [0.717, 1.165) is 5.56 Å². The van der Waals surface area contributed by atoms with Crippen LogP contribution in [-0.2, 0) is 9.53 Å². The van der Waals surface area contributed by atoms with Crippen molar-refractivity contribution in [2.24, 2.45) is 0 Å². The number of nitrogens with zero attached hydrogens (tertiary/aromatic N) is 2. The van der Waals surface area contributed by atoms with E-state index in [-0.39, 0.29) is 5.56 Å². The fraction of sp³-hybridized carbons (Fsp3) is 0.217. The highest BCUT2D eigenvalue weighted by Crippen LogP contribution is 2.33. The minimum absolute atomic E-state index is 0.274. The maximum atomic E-state index is 12.7. The van der Waals surface area contributed by atoms with Gasteiger partial charge in [0.25, 0.3) is 5.91 Å². The first-order chi connectivity index (χ1) is 16.0. The molecule has 0 aliphatic rings. The van der Waals surface area contributed by atoms with E-state index in [2.05, 4.69) is 15.3 Å². The van der Waals surface area contributed by atoms with Crippen LogP contribution in [0.2, 0.25) is 0 Å². The van der Waals surface area contributed by atoms with E-state index in [1.807, 2.05) is 17.5 Å². The molecule has 9 nitrogen and oxygen atoms in total. The molecule has 170 valence electrons. The van der Waals surface area contributed by atoms with Gasteiger partial charge in [0.15, 0.2) is 34.7 Å². The van der Waals surface area contributed by atoms with Crippen LogP contribution in [0.3, 0.4) is 0 Å². The number of thiazole rings is 1. The zero-order valence-corrected chi connectivity index (χ0v) is 19.0. The molecule has 0 bridgehead atoms. The van der Waals surface area contributed by atoms with Crippen LogP contribution < -0.4 is 14.8 Å². The summed E-state index contributed by atoms with van der Waals surface area (Å²) in [6.07, 6.45) is 0.624. The summed E-state index contributed by atoms with van der Waals surface area (Å²) in [4.78, 5) is 33.7. The first kappa shape index (κ1) is 22.3. The molecule has 2 aromatic heterocycles. The third-order valence-corrected chi connectivity index (χ3v) is 5.65. The number of nitrogens with one attached hydrogen (secondary N) is 1. The Bertz CT molecular complexity index is 1300. The maximum absolute atomic E-state index is 12.7. The predicted octanol–water partition coefficient (Wildman–Crippen LogP) is 4.54. The summed E-state index contributed by atoms with van der Waals surface area (Å²) in [5.74, 6) is 0.107. The highest BCUT2D eigenvalue weighted by atomic mass is 32.1. The average molecular weight is 468 g/mol. The molecule has 0 radical (unpaired) electrons. The molecule has 1 atom stereocenters. The molecule has 0 saturated heterocycles. The van der Waals surface area contributed by atoms with Gasteiger partial charge in [0.2, 0.25) is 0 Å². The molecule has 0 saturated carbocycles. The van der Waals surface area contributed by atoms with Gasteiger partial charge in [-0.1, -0.05) is 6.92 Å². The van der Waals surface area contributed by atoms with Crippen LogP contribution in [0.4, 0.5) is 5.13 Å². The lowest BCUT2D eigenvalue weighted by Crippen LogP contribution is -2.32. The highest BCUT2D eigenvalue weighted by molar-refractivity contribution is 7.14. The van der Waals surface area contributed by atoms with Crippen LogP contribution in [0.5, 0.6) is 11.5 Å². The fourth-order valence-electron chi connectivity index (χ4n) is 3.15. The lowest BCUT2D eigenvalue weighted by Gasteiger charge is -2.15. The van der Waals surface area contributed by atoms with Crippen molar-refractivity contribution in [2.75, 3.05) is 19.5 Å². The van der Waals surface area contributed by atoms with E-state index in [1.54, 1.807) is 39.3 Å². The number of methoxy groups -OCH3 is 2. The molecule has 4 aromatic rings. The summed E-state index contributed by atoms with van der Waals surface area (Å²) in [5.41, 5.74) is 2.85. The summed E-state index contributed by atoms with van der Waals surface area (Å²) in [7, 11) is 3.13. The van der Waals surface area contributed by atoms with Crippen molar-refractivity contribution in [3.05, 3.63) is 53.7 Å². The Balaban J connectivity index is 1.43. The largest absolute Gasteiger partial charge is 0.493 e. The predicted molar refractivity (Wildman–Crippen MR) is 123 cm³/mol. The van der Waals surface area contributed by atoms with Gasteiger partial charge in [-0.05, 0) is 42.8 Å². The number of hydrogen-bond donors (Lipinski definition) is 1. The standard InChI is InChI=1S/C23H21N3O6S/c1-4-17(32-22(28)14-5-7-15-19(10-14)31-12-24-15)21(27)26-23-25-16(11-33-23)13-6-8-18(29-2)20(9-13)30-3/h5-12,17H,4H2,1-3H3,(H,25,26,27). The molecule has 1 N–H and O–H groups in total. The SMILES string of the molecule is CCC(OC(=O)c1ccc2ncoc2c1)C(=O)Nc1nc(-c2ccc(OC)c(OC)c2)cs1. The number of rotatable bonds is 8. The Morgan fingerprint density at radius 1 is 1.12 bits per heavy atom. The van der Waals surface area contributed by atoms with E-state index >= 15 is 0 Å². The van der Waals surface area contributed by atoms with Crippen LogP contribution in [-0.4, -0.2) is 42.2 Å². The van der Waals surface area contributed by atoms with Crippen LogP contribution in [0.15, 0.2) is 52.6 Å². The zero-order chi connectivity index (χ0) is 23.4. The van der Waals surface area contributed by atoms with Gasteiger partial charge in [-0.2, -0.15) is 0 Å². The Morgan fingerprint density at radius 2 is 1.94 bits per heavy atom. The van der Waals surface area contributed by atoms with Gasteiger partial charge < -0.3 is 18.6 Å². The summed E-state index contributed by atoms with van der Waals surface area (Å²) < 4.78 is 21.2.